The third-order valence-electron chi connectivity index (χ3n) is 3.68. The number of aromatic nitrogens is 1. The highest BCUT2D eigenvalue weighted by Gasteiger charge is 2.24. The highest BCUT2D eigenvalue weighted by molar-refractivity contribution is 6.33. The molecule has 1 amide bonds. The quantitative estimate of drug-likeness (QED) is 0.863. The molecule has 1 aliphatic heterocycles. The first-order valence-electron chi connectivity index (χ1n) is 6.39. The van der Waals surface area contributed by atoms with Crippen LogP contribution in [0.4, 0.5) is 5.82 Å². The van der Waals surface area contributed by atoms with E-state index < -0.39 is 0 Å². The first-order valence-corrected chi connectivity index (χ1v) is 6.77. The average molecular weight is 283 g/mol. The molecule has 1 fully saturated rings. The van der Waals surface area contributed by atoms with E-state index in [1.807, 2.05) is 0 Å². The molecule has 0 saturated carbocycles. The third kappa shape index (κ3) is 3.36. The van der Waals surface area contributed by atoms with Crippen molar-refractivity contribution in [2.75, 3.05) is 19.3 Å². The SMILES string of the molecule is CC1CC(NC(=O)c2cnc(N)c(Cl)c2)CCN1C. The standard InChI is InChI=1S/C13H19ClN4O/c1-8-5-10(3-4-18(8)2)17-13(19)9-6-11(14)12(15)16-7-9/h6-8,10H,3-5H2,1-2H3,(H2,15,16)(H,17,19). The van der Waals surface area contributed by atoms with Gasteiger partial charge in [-0.05, 0) is 32.9 Å². The van der Waals surface area contributed by atoms with Gasteiger partial charge in [0.25, 0.3) is 5.91 Å². The summed E-state index contributed by atoms with van der Waals surface area (Å²) in [7, 11) is 2.10. The fourth-order valence-corrected chi connectivity index (χ4v) is 2.43. The summed E-state index contributed by atoms with van der Waals surface area (Å²) in [4.78, 5) is 18.3. The molecule has 3 N–H and O–H groups in total. The van der Waals surface area contributed by atoms with Crippen LogP contribution in [0, 0.1) is 0 Å². The number of piperidine rings is 1. The number of hydrogen-bond acceptors (Lipinski definition) is 4. The van der Waals surface area contributed by atoms with Gasteiger partial charge >= 0.3 is 0 Å². The topological polar surface area (TPSA) is 71.2 Å². The van der Waals surface area contributed by atoms with Crippen LogP contribution >= 0.6 is 11.6 Å². The van der Waals surface area contributed by atoms with Gasteiger partial charge in [0.1, 0.15) is 5.82 Å². The van der Waals surface area contributed by atoms with Crippen molar-refractivity contribution in [2.24, 2.45) is 0 Å². The molecular formula is C13H19ClN4O. The Kier molecular flexibility index (Phi) is 4.27. The van der Waals surface area contributed by atoms with Gasteiger partial charge < -0.3 is 16.0 Å². The highest BCUT2D eigenvalue weighted by atomic mass is 35.5. The molecule has 0 aromatic carbocycles. The molecule has 1 aromatic rings. The van der Waals surface area contributed by atoms with Gasteiger partial charge in [0, 0.05) is 24.8 Å². The second-order valence-electron chi connectivity index (χ2n) is 5.12. The van der Waals surface area contributed by atoms with Crippen LogP contribution in [0.25, 0.3) is 0 Å². The Hall–Kier alpha value is -1.33. The van der Waals surface area contributed by atoms with Gasteiger partial charge in [-0.2, -0.15) is 0 Å². The van der Waals surface area contributed by atoms with E-state index in [9.17, 15) is 4.79 Å². The van der Waals surface area contributed by atoms with E-state index in [0.717, 1.165) is 19.4 Å². The number of nitrogens with zero attached hydrogens (tertiary/aromatic N) is 2. The number of hydrogen-bond donors (Lipinski definition) is 2. The van der Waals surface area contributed by atoms with Crippen LogP contribution in [-0.4, -0.2) is 41.5 Å². The number of rotatable bonds is 2. The number of pyridine rings is 1. The molecule has 0 spiro atoms. The smallest absolute Gasteiger partial charge is 0.253 e. The number of nitrogens with one attached hydrogen (secondary N) is 1. The Morgan fingerprint density at radius 1 is 1.63 bits per heavy atom. The van der Waals surface area contributed by atoms with Gasteiger partial charge in [-0.25, -0.2) is 4.98 Å². The summed E-state index contributed by atoms with van der Waals surface area (Å²) in [5, 5.41) is 3.34. The molecule has 6 heteroatoms. The second-order valence-corrected chi connectivity index (χ2v) is 5.52. The molecule has 1 aliphatic rings. The van der Waals surface area contributed by atoms with E-state index in [1.54, 1.807) is 6.07 Å². The number of nitrogen functional groups attached to an aromatic ring is 1. The molecule has 0 aliphatic carbocycles. The molecule has 1 saturated heterocycles. The molecule has 2 atom stereocenters. The summed E-state index contributed by atoms with van der Waals surface area (Å²) < 4.78 is 0. The molecule has 1 aromatic heterocycles. The Balaban J connectivity index is 1.99. The Bertz CT molecular complexity index is 480. The van der Waals surface area contributed by atoms with E-state index in [-0.39, 0.29) is 17.8 Å². The summed E-state index contributed by atoms with van der Waals surface area (Å²) in [5.74, 6) is 0.0993. The number of anilines is 1. The van der Waals surface area contributed by atoms with E-state index in [1.165, 1.54) is 6.20 Å². The van der Waals surface area contributed by atoms with Crippen molar-refractivity contribution >= 4 is 23.3 Å². The largest absolute Gasteiger partial charge is 0.382 e. The minimum Gasteiger partial charge on any atom is -0.382 e. The minimum atomic E-state index is -0.142. The lowest BCUT2D eigenvalue weighted by atomic mass is 9.98. The summed E-state index contributed by atoms with van der Waals surface area (Å²) in [6.45, 7) is 3.16. The van der Waals surface area contributed by atoms with Crippen molar-refractivity contribution in [3.63, 3.8) is 0 Å². The number of likely N-dealkylation sites (tertiary alicyclic amines) is 1. The maximum absolute atomic E-state index is 12.1. The van der Waals surface area contributed by atoms with Crippen LogP contribution in [0.1, 0.15) is 30.1 Å². The zero-order chi connectivity index (χ0) is 14.0. The predicted octanol–water partition coefficient (Wildman–Crippen LogP) is 1.53. The van der Waals surface area contributed by atoms with E-state index in [4.69, 9.17) is 17.3 Å². The predicted molar refractivity (Wildman–Crippen MR) is 76.2 cm³/mol. The van der Waals surface area contributed by atoms with Gasteiger partial charge in [-0.3, -0.25) is 4.79 Å². The molecule has 19 heavy (non-hydrogen) atoms. The molecular weight excluding hydrogens is 264 g/mol. The lowest BCUT2D eigenvalue weighted by Crippen LogP contribution is -2.47. The summed E-state index contributed by atoms with van der Waals surface area (Å²) in [6, 6.07) is 2.24. The second kappa shape index (κ2) is 5.75. The molecule has 2 heterocycles. The number of amides is 1. The average Bonchev–Trinajstić information content (AvgIpc) is 2.37. The first-order chi connectivity index (χ1) is 8.97. The maximum Gasteiger partial charge on any atom is 0.253 e. The lowest BCUT2D eigenvalue weighted by Gasteiger charge is -2.35. The molecule has 104 valence electrons. The van der Waals surface area contributed by atoms with E-state index in [0.29, 0.717) is 16.6 Å². The van der Waals surface area contributed by atoms with Crippen molar-refractivity contribution in [3.8, 4) is 0 Å². The van der Waals surface area contributed by atoms with E-state index in [2.05, 4.69) is 29.2 Å². The third-order valence-corrected chi connectivity index (χ3v) is 3.98. The fraction of sp³-hybridized carbons (Fsp3) is 0.538. The normalized spacial score (nSPS) is 24.2. The first kappa shape index (κ1) is 14.1. The molecule has 0 bridgehead atoms. The van der Waals surface area contributed by atoms with Gasteiger partial charge in [-0.15, -0.1) is 0 Å². The fourth-order valence-electron chi connectivity index (χ4n) is 2.26. The van der Waals surface area contributed by atoms with Gasteiger partial charge in [0.15, 0.2) is 0 Å². The monoisotopic (exact) mass is 282 g/mol. The van der Waals surface area contributed by atoms with Gasteiger partial charge in [0.2, 0.25) is 0 Å². The summed E-state index contributed by atoms with van der Waals surface area (Å²) >= 11 is 5.87. The zero-order valence-corrected chi connectivity index (χ0v) is 11.9. The van der Waals surface area contributed by atoms with Gasteiger partial charge in [-0.1, -0.05) is 11.6 Å². The number of carbonyl (C=O) groups excluding carboxylic acids is 1. The lowest BCUT2D eigenvalue weighted by molar-refractivity contribution is 0.0896. The van der Waals surface area contributed by atoms with Crippen LogP contribution in [0.3, 0.4) is 0 Å². The van der Waals surface area contributed by atoms with E-state index >= 15 is 0 Å². The Labute approximate surface area is 118 Å². The van der Waals surface area contributed by atoms with Crippen LogP contribution in [0.5, 0.6) is 0 Å². The van der Waals surface area contributed by atoms with Crippen molar-refractivity contribution in [1.82, 2.24) is 15.2 Å². The Morgan fingerprint density at radius 3 is 3.00 bits per heavy atom. The summed E-state index contributed by atoms with van der Waals surface area (Å²) in [6.07, 6.45) is 3.37. The number of nitrogens with two attached hydrogens (primary N) is 1. The minimum absolute atomic E-state index is 0.142. The molecule has 0 radical (unpaired) electrons. The Morgan fingerprint density at radius 2 is 2.37 bits per heavy atom. The van der Waals surface area contributed by atoms with Crippen molar-refractivity contribution in [2.45, 2.75) is 31.8 Å². The van der Waals surface area contributed by atoms with Crippen LogP contribution in [-0.2, 0) is 0 Å². The highest BCUT2D eigenvalue weighted by Crippen LogP contribution is 2.18. The molecule has 2 rings (SSSR count). The number of halogens is 1. The van der Waals surface area contributed by atoms with Crippen molar-refractivity contribution < 1.29 is 4.79 Å². The zero-order valence-electron chi connectivity index (χ0n) is 11.2. The number of carbonyl (C=O) groups is 1. The maximum atomic E-state index is 12.1. The van der Waals surface area contributed by atoms with Gasteiger partial charge in [0.05, 0.1) is 10.6 Å². The summed E-state index contributed by atoms with van der Waals surface area (Å²) in [5.41, 5.74) is 5.98. The molecule has 2 unspecified atom stereocenters. The van der Waals surface area contributed by atoms with Crippen LogP contribution < -0.4 is 11.1 Å². The van der Waals surface area contributed by atoms with Crippen LogP contribution in [0.2, 0.25) is 5.02 Å². The molecule has 5 nitrogen and oxygen atoms in total. The van der Waals surface area contributed by atoms with Crippen molar-refractivity contribution in [3.05, 3.63) is 22.8 Å². The van der Waals surface area contributed by atoms with Crippen LogP contribution in [0.15, 0.2) is 12.3 Å². The van der Waals surface area contributed by atoms with Crippen molar-refractivity contribution in [1.29, 1.82) is 0 Å².